The lowest BCUT2D eigenvalue weighted by Gasteiger charge is -2.46. The Morgan fingerprint density at radius 3 is 1.02 bits per heavy atom. The van der Waals surface area contributed by atoms with E-state index in [-0.39, 0.29) is 18.9 Å². The number of carbonyl (C=O) groups excluding carboxylic acids is 1. The van der Waals surface area contributed by atoms with E-state index in [1.54, 1.807) is 6.08 Å². The van der Waals surface area contributed by atoms with E-state index in [9.17, 15) is 45.6 Å². The van der Waals surface area contributed by atoms with Gasteiger partial charge in [-0.05, 0) is 44.9 Å². The van der Waals surface area contributed by atoms with Crippen LogP contribution in [0, 0.1) is 0 Å². The van der Waals surface area contributed by atoms with Gasteiger partial charge in [0.25, 0.3) is 0 Å². The van der Waals surface area contributed by atoms with Gasteiger partial charge in [-0.3, -0.25) is 4.79 Å². The molecule has 2 saturated heterocycles. The van der Waals surface area contributed by atoms with E-state index in [1.165, 1.54) is 308 Å². The molecule has 0 aromatic rings. The number of ether oxygens (including phenoxy) is 4. The van der Waals surface area contributed by atoms with E-state index in [0.717, 1.165) is 44.9 Å². The summed E-state index contributed by atoms with van der Waals surface area (Å²) in [7, 11) is 0. The monoisotopic (exact) mass is 1360 g/mol. The highest BCUT2D eigenvalue weighted by Crippen LogP contribution is 2.30. The predicted octanol–water partition coefficient (Wildman–Crippen LogP) is 18.8. The zero-order valence-corrected chi connectivity index (χ0v) is 62.1. The highest BCUT2D eigenvalue weighted by molar-refractivity contribution is 5.76. The Morgan fingerprint density at radius 2 is 0.667 bits per heavy atom. The first kappa shape index (κ1) is 90.3. The van der Waals surface area contributed by atoms with Crippen LogP contribution in [0.25, 0.3) is 0 Å². The van der Waals surface area contributed by atoms with Crippen molar-refractivity contribution in [3.8, 4) is 0 Å². The van der Waals surface area contributed by atoms with Crippen LogP contribution in [0.3, 0.4) is 0 Å². The Morgan fingerprint density at radius 1 is 0.365 bits per heavy atom. The van der Waals surface area contributed by atoms with Crippen molar-refractivity contribution >= 4 is 5.91 Å². The molecule has 12 unspecified atom stereocenters. The Bertz CT molecular complexity index is 1750. The summed E-state index contributed by atoms with van der Waals surface area (Å²) in [6.45, 7) is 2.85. The van der Waals surface area contributed by atoms with E-state index < -0.39 is 86.8 Å². The molecule has 12 atom stereocenters. The van der Waals surface area contributed by atoms with Crippen molar-refractivity contribution in [2.24, 2.45) is 0 Å². The van der Waals surface area contributed by atoms with Crippen LogP contribution in [0.2, 0.25) is 0 Å². The maximum Gasteiger partial charge on any atom is 0.220 e. The SMILES string of the molecule is CCCCCCCCCCCCCCCCCCCCCCC/C=C/CC/C=C/CC/C=C/C(O)C(COC1OC(CO)C(OC2OC(CO)C(O)C(O)C2O)C(O)C1O)NC(=O)CCCCCCCCCCCCCCCCCCCCCCCCCCCCCCCCC. The Kier molecular flexibility index (Phi) is 62.5. The first-order valence-electron chi connectivity index (χ1n) is 41.2. The Hall–Kier alpha value is -1.79. The lowest BCUT2D eigenvalue weighted by molar-refractivity contribution is -0.359. The molecule has 0 aliphatic carbocycles. The summed E-state index contributed by atoms with van der Waals surface area (Å²) in [5.41, 5.74) is 0. The van der Waals surface area contributed by atoms with Crippen LogP contribution >= 0.6 is 0 Å². The fourth-order valence-corrected chi connectivity index (χ4v) is 13.8. The van der Waals surface area contributed by atoms with Gasteiger partial charge in [0.2, 0.25) is 5.91 Å². The number of unbranched alkanes of at least 4 members (excludes halogenated alkanes) is 53. The molecule has 14 heteroatoms. The fourth-order valence-electron chi connectivity index (χ4n) is 13.8. The van der Waals surface area contributed by atoms with Crippen molar-refractivity contribution in [2.75, 3.05) is 19.8 Å². The lowest BCUT2D eigenvalue weighted by Crippen LogP contribution is -2.65. The van der Waals surface area contributed by atoms with Gasteiger partial charge in [0.1, 0.15) is 48.8 Å². The van der Waals surface area contributed by atoms with Gasteiger partial charge in [0.05, 0.1) is 32.0 Å². The van der Waals surface area contributed by atoms with Gasteiger partial charge >= 0.3 is 0 Å². The predicted molar refractivity (Wildman–Crippen MR) is 397 cm³/mol. The third-order valence-electron chi connectivity index (χ3n) is 20.3. The lowest BCUT2D eigenvalue weighted by atomic mass is 9.97. The summed E-state index contributed by atoms with van der Waals surface area (Å²) in [5.74, 6) is -0.245. The van der Waals surface area contributed by atoms with Crippen molar-refractivity contribution in [2.45, 2.75) is 460 Å². The van der Waals surface area contributed by atoms with E-state index in [2.05, 4.69) is 43.5 Å². The highest BCUT2D eigenvalue weighted by Gasteiger charge is 2.51. The molecule has 2 aliphatic heterocycles. The van der Waals surface area contributed by atoms with Gasteiger partial charge in [-0.2, -0.15) is 0 Å². The van der Waals surface area contributed by atoms with E-state index in [4.69, 9.17) is 18.9 Å². The van der Waals surface area contributed by atoms with Crippen molar-refractivity contribution in [3.63, 3.8) is 0 Å². The molecule has 0 aromatic heterocycles. The summed E-state index contributed by atoms with van der Waals surface area (Å²) in [6, 6.07) is -0.938. The molecular weight excluding hydrogens is 1210 g/mol. The van der Waals surface area contributed by atoms with E-state index >= 15 is 0 Å². The maximum absolute atomic E-state index is 13.4. The van der Waals surface area contributed by atoms with Gasteiger partial charge in [-0.1, -0.05) is 371 Å². The maximum atomic E-state index is 13.4. The molecule has 0 radical (unpaired) electrons. The van der Waals surface area contributed by atoms with Crippen LogP contribution in [0.4, 0.5) is 0 Å². The van der Waals surface area contributed by atoms with Crippen LogP contribution in [0.5, 0.6) is 0 Å². The van der Waals surface area contributed by atoms with Gasteiger partial charge in [-0.15, -0.1) is 0 Å². The van der Waals surface area contributed by atoms with Crippen LogP contribution in [0.15, 0.2) is 36.5 Å². The number of carbonyl (C=O) groups is 1. The molecule has 2 heterocycles. The first-order valence-corrected chi connectivity index (χ1v) is 41.2. The molecule has 96 heavy (non-hydrogen) atoms. The second-order valence-corrected chi connectivity index (χ2v) is 29.2. The minimum atomic E-state index is -1.79. The third-order valence-corrected chi connectivity index (χ3v) is 20.3. The second-order valence-electron chi connectivity index (χ2n) is 29.2. The highest BCUT2D eigenvalue weighted by atomic mass is 16.7. The molecule has 0 bridgehead atoms. The van der Waals surface area contributed by atoms with Crippen LogP contribution in [-0.2, 0) is 23.7 Å². The molecular formula is C82H155NO13. The largest absolute Gasteiger partial charge is 0.394 e. The Balaban J connectivity index is 1.63. The standard InChI is InChI=1S/C82H155NO13/c1-3-5-7-9-11-13-15-17-19-21-23-25-27-29-31-33-35-37-39-41-43-45-47-49-51-53-55-57-59-61-63-65-71(86)70(69-93-81-79(92)77(90)80(73(68-85)95-81)96-82-78(91)76(89)75(88)72(67-84)94-82)83-74(87)66-64-62-60-58-56-54-52-50-48-46-44-42-40-38-36-34-32-30-28-26-24-22-20-18-16-14-12-10-8-6-4-2/h47,49,55,57,63,65,70-73,75-82,84-86,88-92H,3-46,48,50-54,56,58-62,64,66-69H2,1-2H3,(H,83,87)/b49-47+,57-55+,65-63+. The summed E-state index contributed by atoms with van der Waals surface area (Å²) in [6.07, 6.45) is 71.1. The number of allylic oxidation sites excluding steroid dienone is 5. The average molecular weight is 1360 g/mol. The molecule has 9 N–H and O–H groups in total. The summed E-state index contributed by atoms with van der Waals surface area (Å²) >= 11 is 0. The fraction of sp³-hybridized carbons (Fsp3) is 0.915. The zero-order valence-electron chi connectivity index (χ0n) is 62.1. The minimum Gasteiger partial charge on any atom is -0.394 e. The number of rotatable bonds is 70. The van der Waals surface area contributed by atoms with Crippen molar-refractivity contribution < 1.29 is 64.6 Å². The number of hydrogen-bond acceptors (Lipinski definition) is 13. The number of aliphatic hydroxyl groups excluding tert-OH is 8. The van der Waals surface area contributed by atoms with Crippen LogP contribution in [-0.4, -0.2) is 140 Å². The Labute approximate surface area is 589 Å². The van der Waals surface area contributed by atoms with Crippen LogP contribution < -0.4 is 5.32 Å². The van der Waals surface area contributed by atoms with E-state index in [1.807, 2.05) is 6.08 Å². The number of hydrogen-bond donors (Lipinski definition) is 9. The number of aliphatic hydroxyl groups is 8. The van der Waals surface area contributed by atoms with Gasteiger partial charge in [-0.25, -0.2) is 0 Å². The molecule has 0 saturated carbocycles. The van der Waals surface area contributed by atoms with Gasteiger partial charge < -0.3 is 65.1 Å². The normalized spacial score (nSPS) is 22.4. The van der Waals surface area contributed by atoms with Crippen molar-refractivity contribution in [1.82, 2.24) is 5.32 Å². The second kappa shape index (κ2) is 66.4. The van der Waals surface area contributed by atoms with Gasteiger partial charge in [0.15, 0.2) is 12.6 Å². The molecule has 14 nitrogen and oxygen atoms in total. The molecule has 2 fully saturated rings. The quantitative estimate of drug-likeness (QED) is 0.0204. The molecule has 566 valence electrons. The summed E-state index contributed by atoms with van der Waals surface area (Å²) in [4.78, 5) is 13.4. The molecule has 1 amide bonds. The number of amides is 1. The summed E-state index contributed by atoms with van der Waals surface area (Å²) in [5, 5.41) is 87.7. The molecule has 0 aromatic carbocycles. The van der Waals surface area contributed by atoms with E-state index in [0.29, 0.717) is 12.8 Å². The first-order chi connectivity index (χ1) is 47.1. The van der Waals surface area contributed by atoms with Gasteiger partial charge in [0, 0.05) is 6.42 Å². The molecule has 0 spiro atoms. The van der Waals surface area contributed by atoms with Crippen molar-refractivity contribution in [1.29, 1.82) is 0 Å². The van der Waals surface area contributed by atoms with Crippen LogP contribution in [0.1, 0.15) is 386 Å². The zero-order chi connectivity index (χ0) is 69.4. The third kappa shape index (κ3) is 48.9. The summed E-state index contributed by atoms with van der Waals surface area (Å²) < 4.78 is 22.9. The average Bonchev–Trinajstić information content (AvgIpc) is 0.797. The van der Waals surface area contributed by atoms with Crippen molar-refractivity contribution in [3.05, 3.63) is 36.5 Å². The molecule has 2 aliphatic rings. The topological polar surface area (TPSA) is 228 Å². The smallest absolute Gasteiger partial charge is 0.220 e. The minimum absolute atomic E-state index is 0.245. The number of nitrogens with one attached hydrogen (secondary N) is 1. The molecule has 2 rings (SSSR count).